The Kier molecular flexibility index (Phi) is 10.2. The van der Waals surface area contributed by atoms with E-state index in [2.05, 4.69) is 15.6 Å². The van der Waals surface area contributed by atoms with Crippen molar-refractivity contribution in [2.45, 2.75) is 13.0 Å². The number of thiophene rings is 1. The van der Waals surface area contributed by atoms with Crippen molar-refractivity contribution in [1.29, 1.82) is 0 Å². The third-order valence-electron chi connectivity index (χ3n) is 3.55. The smallest absolute Gasteiger partial charge is 0.261 e. The summed E-state index contributed by atoms with van der Waals surface area (Å²) in [6, 6.07) is 10.2. The average molecular weight is 490 g/mol. The van der Waals surface area contributed by atoms with Crippen LogP contribution < -0.4 is 10.6 Å². The molecule has 5 nitrogen and oxygen atoms in total. The summed E-state index contributed by atoms with van der Waals surface area (Å²) < 4.78 is 13.3. The minimum Gasteiger partial charge on any atom is -0.356 e. The maximum Gasteiger partial charge on any atom is 0.261 e. The highest BCUT2D eigenvalue weighted by Crippen LogP contribution is 2.08. The predicted molar refractivity (Wildman–Crippen MR) is 116 cm³/mol. The van der Waals surface area contributed by atoms with Crippen LogP contribution in [0.15, 0.2) is 46.8 Å². The molecule has 1 heterocycles. The van der Waals surface area contributed by atoms with Gasteiger partial charge in [0.2, 0.25) is 0 Å². The molecule has 0 bridgehead atoms. The van der Waals surface area contributed by atoms with E-state index in [0.29, 0.717) is 19.6 Å². The lowest BCUT2D eigenvalue weighted by Crippen LogP contribution is -2.39. The van der Waals surface area contributed by atoms with Crippen molar-refractivity contribution in [3.05, 3.63) is 58.0 Å². The number of benzene rings is 1. The Labute approximate surface area is 174 Å². The molecule has 2 aromatic rings. The van der Waals surface area contributed by atoms with Crippen molar-refractivity contribution in [3.8, 4) is 0 Å². The molecule has 0 aliphatic carbocycles. The first kappa shape index (κ1) is 22.4. The van der Waals surface area contributed by atoms with E-state index in [1.54, 1.807) is 13.1 Å². The number of hydrogen-bond donors (Lipinski definition) is 2. The first-order chi connectivity index (χ1) is 12.1. The number of halogens is 2. The van der Waals surface area contributed by atoms with Crippen LogP contribution in [0, 0.1) is 5.82 Å². The van der Waals surface area contributed by atoms with Gasteiger partial charge in [-0.2, -0.15) is 0 Å². The molecule has 0 saturated heterocycles. The molecule has 0 saturated carbocycles. The molecule has 8 heteroatoms. The second kappa shape index (κ2) is 11.8. The molecule has 0 fully saturated rings. The maximum absolute atomic E-state index is 13.3. The number of rotatable bonds is 7. The van der Waals surface area contributed by atoms with Gasteiger partial charge in [-0.05, 0) is 35.6 Å². The quantitative estimate of drug-likeness (QED) is 0.271. The van der Waals surface area contributed by atoms with Crippen LogP contribution in [-0.2, 0) is 6.54 Å². The summed E-state index contributed by atoms with van der Waals surface area (Å²) in [7, 11) is 3.61. The van der Waals surface area contributed by atoms with Crippen LogP contribution in [-0.4, -0.2) is 44.0 Å². The third kappa shape index (κ3) is 7.28. The van der Waals surface area contributed by atoms with Gasteiger partial charge in [-0.3, -0.25) is 9.79 Å². The van der Waals surface area contributed by atoms with Gasteiger partial charge in [-0.15, -0.1) is 35.3 Å². The topological polar surface area (TPSA) is 56.7 Å². The van der Waals surface area contributed by atoms with Crippen LogP contribution >= 0.6 is 35.3 Å². The number of carbonyl (C=O) groups excluding carboxylic acids is 1. The predicted octanol–water partition coefficient (Wildman–Crippen LogP) is 3.33. The molecule has 0 aliphatic rings. The summed E-state index contributed by atoms with van der Waals surface area (Å²) in [6.45, 7) is 1.84. The van der Waals surface area contributed by atoms with Crippen LogP contribution in [0.25, 0.3) is 0 Å². The largest absolute Gasteiger partial charge is 0.356 e. The molecule has 1 amide bonds. The number of guanidine groups is 1. The van der Waals surface area contributed by atoms with E-state index in [0.717, 1.165) is 22.8 Å². The van der Waals surface area contributed by atoms with E-state index in [1.807, 2.05) is 35.5 Å². The molecule has 1 aromatic heterocycles. The third-order valence-corrected chi connectivity index (χ3v) is 4.42. The van der Waals surface area contributed by atoms with Crippen LogP contribution in [0.5, 0.6) is 0 Å². The molecule has 0 spiro atoms. The number of hydrogen-bond acceptors (Lipinski definition) is 3. The molecule has 0 radical (unpaired) electrons. The van der Waals surface area contributed by atoms with Crippen molar-refractivity contribution in [2.24, 2.45) is 4.99 Å². The average Bonchev–Trinajstić information content (AvgIpc) is 3.12. The fourth-order valence-electron chi connectivity index (χ4n) is 2.35. The second-order valence-electron chi connectivity index (χ2n) is 5.55. The van der Waals surface area contributed by atoms with Gasteiger partial charge in [-0.1, -0.05) is 18.2 Å². The van der Waals surface area contributed by atoms with E-state index < -0.39 is 0 Å². The number of amides is 1. The Bertz CT molecular complexity index is 709. The van der Waals surface area contributed by atoms with E-state index in [-0.39, 0.29) is 35.7 Å². The van der Waals surface area contributed by atoms with Crippen molar-refractivity contribution >= 4 is 47.2 Å². The molecule has 0 unspecified atom stereocenters. The van der Waals surface area contributed by atoms with Gasteiger partial charge in [0, 0.05) is 33.7 Å². The minimum atomic E-state index is -0.240. The molecule has 2 N–H and O–H groups in total. The Morgan fingerprint density at radius 1 is 1.23 bits per heavy atom. The van der Waals surface area contributed by atoms with Crippen molar-refractivity contribution in [3.63, 3.8) is 0 Å². The fourth-order valence-corrected chi connectivity index (χ4v) is 2.99. The van der Waals surface area contributed by atoms with Crippen molar-refractivity contribution in [2.75, 3.05) is 27.2 Å². The zero-order chi connectivity index (χ0) is 18.1. The highest BCUT2D eigenvalue weighted by Gasteiger charge is 2.08. The summed E-state index contributed by atoms with van der Waals surface area (Å²) in [4.78, 5) is 18.7. The van der Waals surface area contributed by atoms with Gasteiger partial charge in [-0.25, -0.2) is 4.39 Å². The Morgan fingerprint density at radius 2 is 2.00 bits per heavy atom. The molecule has 0 atom stereocenters. The van der Waals surface area contributed by atoms with E-state index in [1.165, 1.54) is 23.5 Å². The molecular formula is C18H24FIN4OS. The van der Waals surface area contributed by atoms with Gasteiger partial charge in [0.15, 0.2) is 5.96 Å². The van der Waals surface area contributed by atoms with E-state index in [9.17, 15) is 9.18 Å². The standard InChI is InChI=1S/C18H23FN4OS.HI/c1-20-18(23(2)13-14-6-3-7-15(19)12-14)22-10-5-9-21-17(24)16-8-4-11-25-16;/h3-4,6-8,11-12H,5,9-10,13H2,1-2H3,(H,20,22)(H,21,24);1H. The van der Waals surface area contributed by atoms with E-state index in [4.69, 9.17) is 0 Å². The summed E-state index contributed by atoms with van der Waals surface area (Å²) >= 11 is 1.43. The van der Waals surface area contributed by atoms with Gasteiger partial charge in [0.25, 0.3) is 5.91 Å². The zero-order valence-corrected chi connectivity index (χ0v) is 18.0. The van der Waals surface area contributed by atoms with Gasteiger partial charge < -0.3 is 15.5 Å². The minimum absolute atomic E-state index is 0. The van der Waals surface area contributed by atoms with Gasteiger partial charge in [0.05, 0.1) is 4.88 Å². The maximum atomic E-state index is 13.3. The lowest BCUT2D eigenvalue weighted by Gasteiger charge is -2.22. The molecule has 0 aliphatic heterocycles. The number of carbonyl (C=O) groups is 1. The lowest BCUT2D eigenvalue weighted by molar-refractivity contribution is 0.0957. The summed E-state index contributed by atoms with van der Waals surface area (Å²) in [6.07, 6.45) is 0.782. The summed E-state index contributed by atoms with van der Waals surface area (Å²) in [5.74, 6) is 0.451. The number of aliphatic imine (C=N–C) groups is 1. The van der Waals surface area contributed by atoms with Crippen LogP contribution in [0.3, 0.4) is 0 Å². The first-order valence-electron chi connectivity index (χ1n) is 8.08. The van der Waals surface area contributed by atoms with Crippen molar-refractivity contribution in [1.82, 2.24) is 15.5 Å². The molecular weight excluding hydrogens is 466 g/mol. The lowest BCUT2D eigenvalue weighted by atomic mass is 10.2. The number of nitrogens with one attached hydrogen (secondary N) is 2. The summed E-state index contributed by atoms with van der Waals surface area (Å²) in [5.41, 5.74) is 0.883. The summed E-state index contributed by atoms with van der Waals surface area (Å²) in [5, 5.41) is 8.02. The molecule has 2 rings (SSSR count). The van der Waals surface area contributed by atoms with Gasteiger partial charge in [0.1, 0.15) is 5.82 Å². The number of nitrogens with zero attached hydrogens (tertiary/aromatic N) is 2. The van der Waals surface area contributed by atoms with Crippen molar-refractivity contribution < 1.29 is 9.18 Å². The van der Waals surface area contributed by atoms with Gasteiger partial charge >= 0.3 is 0 Å². The zero-order valence-electron chi connectivity index (χ0n) is 14.9. The van der Waals surface area contributed by atoms with Crippen LogP contribution in [0.2, 0.25) is 0 Å². The first-order valence-corrected chi connectivity index (χ1v) is 8.96. The van der Waals surface area contributed by atoms with E-state index >= 15 is 0 Å². The molecule has 1 aromatic carbocycles. The van der Waals surface area contributed by atoms with Crippen LogP contribution in [0.4, 0.5) is 4.39 Å². The fraction of sp³-hybridized carbons (Fsp3) is 0.333. The second-order valence-corrected chi connectivity index (χ2v) is 6.49. The SMILES string of the molecule is CN=C(NCCCNC(=O)c1cccs1)N(C)Cc1cccc(F)c1.I. The Balaban J connectivity index is 0.00000338. The molecule has 26 heavy (non-hydrogen) atoms. The van der Waals surface area contributed by atoms with Crippen LogP contribution in [0.1, 0.15) is 21.7 Å². The highest BCUT2D eigenvalue weighted by molar-refractivity contribution is 14.0. The highest BCUT2D eigenvalue weighted by atomic mass is 127. The normalized spacial score (nSPS) is 10.8. The monoisotopic (exact) mass is 490 g/mol. The Hall–Kier alpha value is -1.68. The molecule has 142 valence electrons. The Morgan fingerprint density at radius 3 is 2.65 bits per heavy atom.